The van der Waals surface area contributed by atoms with E-state index in [1.54, 1.807) is 0 Å². The molecular weight excluding hydrogens is 174 g/mol. The van der Waals surface area contributed by atoms with Gasteiger partial charge in [-0.05, 0) is 32.9 Å². The second-order valence-electron chi connectivity index (χ2n) is 4.02. The van der Waals surface area contributed by atoms with E-state index in [1.165, 1.54) is 19.3 Å². The van der Waals surface area contributed by atoms with Crippen molar-refractivity contribution in [3.63, 3.8) is 0 Å². The van der Waals surface area contributed by atoms with E-state index in [-0.39, 0.29) is 0 Å². The van der Waals surface area contributed by atoms with Crippen LogP contribution in [0.5, 0.6) is 0 Å². The molecule has 1 saturated carbocycles. The van der Waals surface area contributed by atoms with Crippen molar-refractivity contribution in [3.05, 3.63) is 23.3 Å². The predicted molar refractivity (Wildman–Crippen MR) is 56.1 cm³/mol. The third-order valence-electron chi connectivity index (χ3n) is 2.75. The molecule has 0 atom stereocenters. The summed E-state index contributed by atoms with van der Waals surface area (Å²) < 4.78 is 0. The molecule has 1 aliphatic carbocycles. The van der Waals surface area contributed by atoms with Crippen LogP contribution < -0.4 is 5.32 Å². The monoisotopic (exact) mass is 191 g/mol. The Bertz CT molecular complexity index is 318. The van der Waals surface area contributed by atoms with Crippen molar-refractivity contribution < 1.29 is 0 Å². The lowest BCUT2D eigenvalue weighted by atomic mass is 9.85. The number of hydrogen-bond donors (Lipinski definition) is 1. The highest BCUT2D eigenvalue weighted by molar-refractivity contribution is 5.13. The normalized spacial score (nSPS) is 16.7. The third-order valence-corrected chi connectivity index (χ3v) is 2.75. The van der Waals surface area contributed by atoms with Crippen LogP contribution in [0.25, 0.3) is 0 Å². The topological polar surface area (TPSA) is 37.8 Å². The summed E-state index contributed by atoms with van der Waals surface area (Å²) in [6.45, 7) is 2.88. The maximum atomic E-state index is 4.57. The second-order valence-corrected chi connectivity index (χ2v) is 4.02. The van der Waals surface area contributed by atoms with Gasteiger partial charge in [0.1, 0.15) is 5.82 Å². The molecule has 76 valence electrons. The quantitative estimate of drug-likeness (QED) is 0.791. The minimum Gasteiger partial charge on any atom is -0.314 e. The Morgan fingerprint density at radius 2 is 2.21 bits per heavy atom. The standard InChI is InChI=1S/C11H17N3/c1-8-6-10(7-12-2)14-11(13-8)9-4-3-5-9/h6,9,12H,3-5,7H2,1-2H3. The Morgan fingerprint density at radius 3 is 2.79 bits per heavy atom. The molecule has 3 nitrogen and oxygen atoms in total. The third kappa shape index (κ3) is 1.93. The fourth-order valence-corrected chi connectivity index (χ4v) is 1.78. The van der Waals surface area contributed by atoms with Crippen LogP contribution in [0.1, 0.15) is 42.4 Å². The molecule has 0 saturated heterocycles. The van der Waals surface area contributed by atoms with Crippen molar-refractivity contribution in [2.24, 2.45) is 0 Å². The van der Waals surface area contributed by atoms with Gasteiger partial charge in [-0.2, -0.15) is 0 Å². The van der Waals surface area contributed by atoms with E-state index in [0.29, 0.717) is 5.92 Å². The van der Waals surface area contributed by atoms with Crippen molar-refractivity contribution in [2.45, 2.75) is 38.6 Å². The van der Waals surface area contributed by atoms with Gasteiger partial charge in [-0.15, -0.1) is 0 Å². The largest absolute Gasteiger partial charge is 0.314 e. The Hall–Kier alpha value is -0.960. The lowest BCUT2D eigenvalue weighted by Crippen LogP contribution is -2.16. The van der Waals surface area contributed by atoms with Crippen LogP contribution >= 0.6 is 0 Å². The van der Waals surface area contributed by atoms with E-state index in [1.807, 2.05) is 14.0 Å². The minimum atomic E-state index is 0.630. The Morgan fingerprint density at radius 1 is 1.43 bits per heavy atom. The minimum absolute atomic E-state index is 0.630. The Labute approximate surface area is 85.0 Å². The summed E-state index contributed by atoms with van der Waals surface area (Å²) >= 11 is 0. The highest BCUT2D eigenvalue weighted by Crippen LogP contribution is 2.34. The summed E-state index contributed by atoms with van der Waals surface area (Å²) in [7, 11) is 1.94. The highest BCUT2D eigenvalue weighted by atomic mass is 14.9. The fraction of sp³-hybridized carbons (Fsp3) is 0.636. The Balaban J connectivity index is 2.21. The first-order valence-electron chi connectivity index (χ1n) is 5.28. The number of nitrogens with zero attached hydrogens (tertiary/aromatic N) is 2. The number of hydrogen-bond acceptors (Lipinski definition) is 3. The van der Waals surface area contributed by atoms with Crippen LogP contribution in [0, 0.1) is 6.92 Å². The van der Waals surface area contributed by atoms with Crippen LogP contribution in [-0.4, -0.2) is 17.0 Å². The average molecular weight is 191 g/mol. The first kappa shape index (κ1) is 9.59. The molecule has 1 N–H and O–H groups in total. The summed E-state index contributed by atoms with van der Waals surface area (Å²) in [5.41, 5.74) is 2.20. The molecular formula is C11H17N3. The lowest BCUT2D eigenvalue weighted by molar-refractivity contribution is 0.399. The number of aryl methyl sites for hydroxylation is 1. The number of aromatic nitrogens is 2. The van der Waals surface area contributed by atoms with Crippen LogP contribution in [0.3, 0.4) is 0 Å². The van der Waals surface area contributed by atoms with Crippen LogP contribution in [-0.2, 0) is 6.54 Å². The molecule has 0 aliphatic heterocycles. The first-order valence-corrected chi connectivity index (χ1v) is 5.28. The average Bonchev–Trinajstić information content (AvgIpc) is 1.99. The molecule has 0 bridgehead atoms. The van der Waals surface area contributed by atoms with Gasteiger partial charge in [0.15, 0.2) is 0 Å². The van der Waals surface area contributed by atoms with Crippen LogP contribution in [0.15, 0.2) is 6.07 Å². The zero-order valence-corrected chi connectivity index (χ0v) is 8.88. The summed E-state index contributed by atoms with van der Waals surface area (Å²) in [4.78, 5) is 9.07. The van der Waals surface area contributed by atoms with Crippen molar-refractivity contribution in [1.82, 2.24) is 15.3 Å². The maximum Gasteiger partial charge on any atom is 0.131 e. The fourth-order valence-electron chi connectivity index (χ4n) is 1.78. The molecule has 1 fully saturated rings. The highest BCUT2D eigenvalue weighted by Gasteiger charge is 2.22. The van der Waals surface area contributed by atoms with Gasteiger partial charge in [0, 0.05) is 18.2 Å². The second kappa shape index (κ2) is 4.05. The smallest absolute Gasteiger partial charge is 0.131 e. The molecule has 0 spiro atoms. The van der Waals surface area contributed by atoms with Gasteiger partial charge in [-0.3, -0.25) is 0 Å². The molecule has 0 aromatic carbocycles. The molecule has 0 amide bonds. The molecule has 0 unspecified atom stereocenters. The van der Waals surface area contributed by atoms with E-state index < -0.39 is 0 Å². The Kier molecular flexibility index (Phi) is 2.77. The molecule has 1 aliphatic rings. The van der Waals surface area contributed by atoms with Crippen molar-refractivity contribution >= 4 is 0 Å². The molecule has 2 rings (SSSR count). The van der Waals surface area contributed by atoms with E-state index in [4.69, 9.17) is 0 Å². The van der Waals surface area contributed by atoms with Gasteiger partial charge >= 0.3 is 0 Å². The van der Waals surface area contributed by atoms with E-state index >= 15 is 0 Å². The molecule has 3 heteroatoms. The summed E-state index contributed by atoms with van der Waals surface area (Å²) in [5, 5.41) is 3.12. The first-order chi connectivity index (χ1) is 6.79. The summed E-state index contributed by atoms with van der Waals surface area (Å²) in [6, 6.07) is 2.05. The zero-order chi connectivity index (χ0) is 9.97. The van der Waals surface area contributed by atoms with Gasteiger partial charge in [0.2, 0.25) is 0 Å². The zero-order valence-electron chi connectivity index (χ0n) is 8.88. The molecule has 1 aromatic rings. The lowest BCUT2D eigenvalue weighted by Gasteiger charge is -2.24. The van der Waals surface area contributed by atoms with E-state index in [9.17, 15) is 0 Å². The van der Waals surface area contributed by atoms with Gasteiger partial charge in [-0.25, -0.2) is 9.97 Å². The van der Waals surface area contributed by atoms with E-state index in [0.717, 1.165) is 23.8 Å². The van der Waals surface area contributed by atoms with Gasteiger partial charge < -0.3 is 5.32 Å². The maximum absolute atomic E-state index is 4.57. The van der Waals surface area contributed by atoms with Crippen molar-refractivity contribution in [1.29, 1.82) is 0 Å². The number of rotatable bonds is 3. The molecule has 0 radical (unpaired) electrons. The van der Waals surface area contributed by atoms with E-state index in [2.05, 4.69) is 21.4 Å². The van der Waals surface area contributed by atoms with Crippen molar-refractivity contribution in [3.8, 4) is 0 Å². The molecule has 1 aromatic heterocycles. The van der Waals surface area contributed by atoms with Gasteiger partial charge in [-0.1, -0.05) is 6.42 Å². The van der Waals surface area contributed by atoms with Gasteiger partial charge in [0.05, 0.1) is 5.69 Å². The van der Waals surface area contributed by atoms with Crippen LogP contribution in [0.4, 0.5) is 0 Å². The molecule has 1 heterocycles. The SMILES string of the molecule is CNCc1cc(C)nc(C2CCC2)n1. The molecule has 14 heavy (non-hydrogen) atoms. The summed E-state index contributed by atoms with van der Waals surface area (Å²) in [5.74, 6) is 1.69. The van der Waals surface area contributed by atoms with Crippen LogP contribution in [0.2, 0.25) is 0 Å². The summed E-state index contributed by atoms with van der Waals surface area (Å²) in [6.07, 6.45) is 3.87. The number of nitrogens with one attached hydrogen (secondary N) is 1. The van der Waals surface area contributed by atoms with Gasteiger partial charge in [0.25, 0.3) is 0 Å². The van der Waals surface area contributed by atoms with Crippen molar-refractivity contribution in [2.75, 3.05) is 7.05 Å². The predicted octanol–water partition coefficient (Wildman–Crippen LogP) is 1.77.